The largest absolute Gasteiger partial charge is 0.490 e. The third-order valence-corrected chi connectivity index (χ3v) is 5.14. The maximum Gasteiger partial charge on any atom is 0.161 e. The predicted octanol–water partition coefficient (Wildman–Crippen LogP) is 3.54. The molecule has 1 unspecified atom stereocenters. The SMILES string of the molecule is CCOc1ccc(C(c2cccs2)N2CCNCC2)cc1OCC. The van der Waals surface area contributed by atoms with Gasteiger partial charge in [-0.2, -0.15) is 0 Å². The van der Waals surface area contributed by atoms with E-state index < -0.39 is 0 Å². The summed E-state index contributed by atoms with van der Waals surface area (Å²) < 4.78 is 11.5. The summed E-state index contributed by atoms with van der Waals surface area (Å²) in [4.78, 5) is 3.93. The number of nitrogens with one attached hydrogen (secondary N) is 1. The molecule has 0 spiro atoms. The van der Waals surface area contributed by atoms with E-state index in [1.807, 2.05) is 31.3 Å². The lowest BCUT2D eigenvalue weighted by atomic mass is 10.0. The van der Waals surface area contributed by atoms with Crippen LogP contribution < -0.4 is 14.8 Å². The second-order valence-electron chi connectivity index (χ2n) is 5.78. The van der Waals surface area contributed by atoms with E-state index in [0.717, 1.165) is 37.7 Å². The van der Waals surface area contributed by atoms with Gasteiger partial charge in [0.25, 0.3) is 0 Å². The quantitative estimate of drug-likeness (QED) is 0.831. The molecule has 130 valence electrons. The second-order valence-corrected chi connectivity index (χ2v) is 6.76. The van der Waals surface area contributed by atoms with Crippen LogP contribution in [0.3, 0.4) is 0 Å². The van der Waals surface area contributed by atoms with Crippen molar-refractivity contribution in [2.75, 3.05) is 39.4 Å². The number of benzene rings is 1. The molecular formula is C19H26N2O2S. The van der Waals surface area contributed by atoms with Crippen molar-refractivity contribution < 1.29 is 9.47 Å². The zero-order valence-corrected chi connectivity index (χ0v) is 15.3. The van der Waals surface area contributed by atoms with Crippen LogP contribution in [0.5, 0.6) is 11.5 Å². The van der Waals surface area contributed by atoms with Gasteiger partial charge in [0, 0.05) is 31.1 Å². The zero-order chi connectivity index (χ0) is 16.8. The first-order valence-electron chi connectivity index (χ1n) is 8.71. The van der Waals surface area contributed by atoms with Crippen LogP contribution in [0, 0.1) is 0 Å². The summed E-state index contributed by atoms with van der Waals surface area (Å²) in [6.45, 7) is 9.48. The molecule has 1 atom stereocenters. The maximum atomic E-state index is 5.83. The van der Waals surface area contributed by atoms with Crippen molar-refractivity contribution in [2.45, 2.75) is 19.9 Å². The van der Waals surface area contributed by atoms with Gasteiger partial charge < -0.3 is 14.8 Å². The summed E-state index contributed by atoms with van der Waals surface area (Å²) in [5, 5.41) is 5.60. The van der Waals surface area contributed by atoms with Crippen molar-refractivity contribution in [3.63, 3.8) is 0 Å². The molecule has 0 saturated carbocycles. The monoisotopic (exact) mass is 346 g/mol. The van der Waals surface area contributed by atoms with Crippen LogP contribution in [-0.2, 0) is 0 Å². The Morgan fingerprint density at radius 3 is 2.50 bits per heavy atom. The van der Waals surface area contributed by atoms with Gasteiger partial charge in [-0.3, -0.25) is 4.90 Å². The summed E-state index contributed by atoms with van der Waals surface area (Å²) >= 11 is 1.82. The highest BCUT2D eigenvalue weighted by molar-refractivity contribution is 7.10. The summed E-state index contributed by atoms with van der Waals surface area (Å²) in [6.07, 6.45) is 0. The smallest absolute Gasteiger partial charge is 0.161 e. The van der Waals surface area contributed by atoms with Gasteiger partial charge in [0.05, 0.1) is 19.3 Å². The fourth-order valence-electron chi connectivity index (χ4n) is 3.18. The van der Waals surface area contributed by atoms with Crippen LogP contribution in [0.25, 0.3) is 0 Å². The molecule has 3 rings (SSSR count). The van der Waals surface area contributed by atoms with Crippen molar-refractivity contribution in [1.82, 2.24) is 10.2 Å². The van der Waals surface area contributed by atoms with Crippen LogP contribution in [0.1, 0.15) is 30.3 Å². The van der Waals surface area contributed by atoms with Crippen molar-refractivity contribution in [3.8, 4) is 11.5 Å². The number of hydrogen-bond donors (Lipinski definition) is 1. The molecule has 1 N–H and O–H groups in total. The highest BCUT2D eigenvalue weighted by Crippen LogP contribution is 2.37. The molecule has 2 heterocycles. The van der Waals surface area contributed by atoms with Gasteiger partial charge in [-0.1, -0.05) is 12.1 Å². The van der Waals surface area contributed by atoms with E-state index in [2.05, 4.69) is 39.9 Å². The highest BCUT2D eigenvalue weighted by atomic mass is 32.1. The van der Waals surface area contributed by atoms with Crippen LogP contribution >= 0.6 is 11.3 Å². The van der Waals surface area contributed by atoms with Crippen LogP contribution in [0.4, 0.5) is 0 Å². The summed E-state index contributed by atoms with van der Waals surface area (Å²) in [5.41, 5.74) is 1.27. The molecule has 0 aliphatic carbocycles. The van der Waals surface area contributed by atoms with Gasteiger partial charge in [0.1, 0.15) is 0 Å². The second kappa shape index (κ2) is 8.51. The topological polar surface area (TPSA) is 33.7 Å². The fourth-order valence-corrected chi connectivity index (χ4v) is 4.07. The van der Waals surface area contributed by atoms with Gasteiger partial charge in [0.2, 0.25) is 0 Å². The normalized spacial score (nSPS) is 16.8. The molecule has 1 saturated heterocycles. The predicted molar refractivity (Wildman–Crippen MR) is 99.4 cm³/mol. The summed E-state index contributed by atoms with van der Waals surface area (Å²) in [5.74, 6) is 1.67. The molecular weight excluding hydrogens is 320 g/mol. The molecule has 4 nitrogen and oxygen atoms in total. The molecule has 0 radical (unpaired) electrons. The van der Waals surface area contributed by atoms with Crippen molar-refractivity contribution >= 4 is 11.3 Å². The zero-order valence-electron chi connectivity index (χ0n) is 14.5. The number of thiophene rings is 1. The molecule has 1 aliphatic heterocycles. The van der Waals surface area contributed by atoms with E-state index in [0.29, 0.717) is 13.2 Å². The van der Waals surface area contributed by atoms with Gasteiger partial charge in [-0.05, 0) is 43.0 Å². The van der Waals surface area contributed by atoms with Gasteiger partial charge in [-0.15, -0.1) is 11.3 Å². The Hall–Kier alpha value is -1.56. The van der Waals surface area contributed by atoms with E-state index >= 15 is 0 Å². The Balaban J connectivity index is 1.96. The Morgan fingerprint density at radius 2 is 1.83 bits per heavy atom. The van der Waals surface area contributed by atoms with E-state index in [-0.39, 0.29) is 6.04 Å². The van der Waals surface area contributed by atoms with E-state index in [1.165, 1.54) is 10.4 Å². The number of hydrogen-bond acceptors (Lipinski definition) is 5. The average Bonchev–Trinajstić information content (AvgIpc) is 3.13. The summed E-state index contributed by atoms with van der Waals surface area (Å²) in [7, 11) is 0. The van der Waals surface area contributed by atoms with Crippen molar-refractivity contribution in [2.24, 2.45) is 0 Å². The molecule has 0 amide bonds. The minimum atomic E-state index is 0.280. The number of nitrogens with zero attached hydrogens (tertiary/aromatic N) is 1. The molecule has 24 heavy (non-hydrogen) atoms. The molecule has 1 fully saturated rings. The van der Waals surface area contributed by atoms with E-state index in [1.54, 1.807) is 0 Å². The lowest BCUT2D eigenvalue weighted by molar-refractivity contribution is 0.200. The molecule has 2 aromatic rings. The highest BCUT2D eigenvalue weighted by Gasteiger charge is 2.25. The van der Waals surface area contributed by atoms with E-state index in [9.17, 15) is 0 Å². The minimum absolute atomic E-state index is 0.280. The Kier molecular flexibility index (Phi) is 6.12. The Morgan fingerprint density at radius 1 is 1.08 bits per heavy atom. The molecule has 0 bridgehead atoms. The lowest BCUT2D eigenvalue weighted by Crippen LogP contribution is -2.45. The first kappa shape index (κ1) is 17.3. The third kappa shape index (κ3) is 3.91. The van der Waals surface area contributed by atoms with E-state index in [4.69, 9.17) is 9.47 Å². The van der Waals surface area contributed by atoms with Gasteiger partial charge >= 0.3 is 0 Å². The number of ether oxygens (including phenoxy) is 2. The van der Waals surface area contributed by atoms with Gasteiger partial charge in [0.15, 0.2) is 11.5 Å². The molecule has 1 aliphatic rings. The Labute approximate surface area is 148 Å². The molecule has 5 heteroatoms. The Bertz CT molecular complexity index is 624. The third-order valence-electron chi connectivity index (χ3n) is 4.21. The number of piperazine rings is 1. The average molecular weight is 346 g/mol. The van der Waals surface area contributed by atoms with Crippen molar-refractivity contribution in [3.05, 3.63) is 46.2 Å². The first-order chi connectivity index (χ1) is 11.8. The summed E-state index contributed by atoms with van der Waals surface area (Å²) in [6, 6.07) is 11.0. The van der Waals surface area contributed by atoms with Crippen LogP contribution in [0.15, 0.2) is 35.7 Å². The fraction of sp³-hybridized carbons (Fsp3) is 0.474. The van der Waals surface area contributed by atoms with Gasteiger partial charge in [-0.25, -0.2) is 0 Å². The number of rotatable bonds is 7. The lowest BCUT2D eigenvalue weighted by Gasteiger charge is -2.35. The minimum Gasteiger partial charge on any atom is -0.490 e. The maximum absolute atomic E-state index is 5.83. The first-order valence-corrected chi connectivity index (χ1v) is 9.59. The standard InChI is InChI=1S/C19H26N2O2S/c1-3-22-16-8-7-15(14-17(16)23-4-2)19(18-6-5-13-24-18)21-11-9-20-10-12-21/h5-8,13-14,19-20H,3-4,9-12H2,1-2H3. The molecule has 1 aromatic heterocycles. The van der Waals surface area contributed by atoms with Crippen molar-refractivity contribution in [1.29, 1.82) is 0 Å². The van der Waals surface area contributed by atoms with Crippen LogP contribution in [-0.4, -0.2) is 44.3 Å². The molecule has 1 aromatic carbocycles. The van der Waals surface area contributed by atoms with Crippen LogP contribution in [0.2, 0.25) is 0 Å².